The van der Waals surface area contributed by atoms with Crippen molar-refractivity contribution in [2.75, 3.05) is 13.1 Å². The Morgan fingerprint density at radius 3 is 2.74 bits per heavy atom. The predicted molar refractivity (Wildman–Crippen MR) is 67.4 cm³/mol. The molecule has 0 fully saturated rings. The van der Waals surface area contributed by atoms with Crippen molar-refractivity contribution in [2.24, 2.45) is 0 Å². The van der Waals surface area contributed by atoms with Gasteiger partial charge in [0.15, 0.2) is 0 Å². The lowest BCUT2D eigenvalue weighted by Gasteiger charge is -2.06. The summed E-state index contributed by atoms with van der Waals surface area (Å²) < 4.78 is 25.9. The molecule has 7 nitrogen and oxygen atoms in total. The molecule has 1 amide bonds. The van der Waals surface area contributed by atoms with Crippen molar-refractivity contribution in [3.8, 4) is 6.07 Å². The van der Waals surface area contributed by atoms with Crippen LogP contribution in [0.3, 0.4) is 0 Å². The van der Waals surface area contributed by atoms with Gasteiger partial charge in [0.25, 0.3) is 0 Å². The summed E-state index contributed by atoms with van der Waals surface area (Å²) in [6.45, 7) is 2.30. The van der Waals surface area contributed by atoms with Gasteiger partial charge in [-0.15, -0.1) is 0 Å². The number of carbonyl (C=O) groups is 1. The molecule has 2 N–H and O–H groups in total. The predicted octanol–water partition coefficient (Wildman–Crippen LogP) is -0.242. The van der Waals surface area contributed by atoms with Gasteiger partial charge in [0.1, 0.15) is 16.7 Å². The third kappa shape index (κ3) is 4.65. The first-order chi connectivity index (χ1) is 8.99. The Balaban J connectivity index is 2.61. The van der Waals surface area contributed by atoms with Gasteiger partial charge in [-0.25, -0.2) is 18.1 Å². The molecule has 0 saturated carbocycles. The van der Waals surface area contributed by atoms with Crippen LogP contribution in [0.25, 0.3) is 0 Å². The van der Waals surface area contributed by atoms with E-state index in [4.69, 9.17) is 5.26 Å². The second-order valence-electron chi connectivity index (χ2n) is 3.59. The van der Waals surface area contributed by atoms with Gasteiger partial charge < -0.3 is 5.32 Å². The highest BCUT2D eigenvalue weighted by molar-refractivity contribution is 7.89. The van der Waals surface area contributed by atoms with Crippen LogP contribution in [0.15, 0.2) is 23.2 Å². The zero-order chi connectivity index (χ0) is 14.3. The monoisotopic (exact) mass is 282 g/mol. The Morgan fingerprint density at radius 1 is 1.47 bits per heavy atom. The summed E-state index contributed by atoms with van der Waals surface area (Å²) in [6.07, 6.45) is 1.17. The molecule has 8 heteroatoms. The van der Waals surface area contributed by atoms with Gasteiger partial charge in [0.05, 0.1) is 0 Å². The molecule has 1 aromatic rings. The van der Waals surface area contributed by atoms with Crippen molar-refractivity contribution >= 4 is 15.9 Å². The fourth-order valence-electron chi connectivity index (χ4n) is 1.27. The first-order valence-corrected chi connectivity index (χ1v) is 7.10. The second-order valence-corrected chi connectivity index (χ2v) is 5.36. The number of carbonyl (C=O) groups excluding carboxylic acids is 1. The van der Waals surface area contributed by atoms with E-state index < -0.39 is 10.0 Å². The number of hydrogen-bond acceptors (Lipinski definition) is 5. The second kappa shape index (κ2) is 6.82. The number of pyridine rings is 1. The quantitative estimate of drug-likeness (QED) is 0.747. The minimum absolute atomic E-state index is 0.00810. The zero-order valence-corrected chi connectivity index (χ0v) is 11.2. The fourth-order valence-corrected chi connectivity index (χ4v) is 2.25. The third-order valence-electron chi connectivity index (χ3n) is 2.18. The van der Waals surface area contributed by atoms with Gasteiger partial charge in [-0.3, -0.25) is 4.79 Å². The van der Waals surface area contributed by atoms with Crippen LogP contribution in [0.2, 0.25) is 0 Å². The smallest absolute Gasteiger partial charge is 0.242 e. The van der Waals surface area contributed by atoms with E-state index in [-0.39, 0.29) is 29.5 Å². The van der Waals surface area contributed by atoms with Gasteiger partial charge >= 0.3 is 0 Å². The summed E-state index contributed by atoms with van der Waals surface area (Å²) in [6, 6.07) is 4.41. The summed E-state index contributed by atoms with van der Waals surface area (Å²) >= 11 is 0. The summed E-state index contributed by atoms with van der Waals surface area (Å²) in [4.78, 5) is 14.8. The molecule has 0 aliphatic rings. The maximum atomic E-state index is 11.8. The molecular weight excluding hydrogens is 268 g/mol. The van der Waals surface area contributed by atoms with Crippen LogP contribution in [0, 0.1) is 11.3 Å². The Kier molecular flexibility index (Phi) is 5.41. The molecule has 0 atom stereocenters. The van der Waals surface area contributed by atoms with Crippen LogP contribution in [0.4, 0.5) is 0 Å². The molecule has 0 aromatic carbocycles. The SMILES string of the molecule is CCNC(=O)CCNS(=O)(=O)c1ccc(C#N)nc1. The van der Waals surface area contributed by atoms with E-state index in [1.165, 1.54) is 12.1 Å². The van der Waals surface area contributed by atoms with Gasteiger partial charge in [0.2, 0.25) is 15.9 Å². The first kappa shape index (κ1) is 15.1. The Bertz CT molecular complexity index is 575. The van der Waals surface area contributed by atoms with Crippen LogP contribution in [-0.4, -0.2) is 32.4 Å². The summed E-state index contributed by atoms with van der Waals surface area (Å²) in [5, 5.41) is 11.1. The molecule has 19 heavy (non-hydrogen) atoms. The van der Waals surface area contributed by atoms with Gasteiger partial charge in [-0.1, -0.05) is 0 Å². The molecule has 0 aliphatic carbocycles. The molecule has 0 aliphatic heterocycles. The standard InChI is InChI=1S/C11H14N4O3S/c1-2-13-11(16)5-6-15-19(17,18)10-4-3-9(7-12)14-8-10/h3-4,8,15H,2,5-6H2,1H3,(H,13,16). The van der Waals surface area contributed by atoms with Crippen LogP contribution >= 0.6 is 0 Å². The molecule has 1 rings (SSSR count). The van der Waals surface area contributed by atoms with E-state index in [0.717, 1.165) is 6.20 Å². The number of nitriles is 1. The fraction of sp³-hybridized carbons (Fsp3) is 0.364. The Labute approximate surface area is 111 Å². The van der Waals surface area contributed by atoms with Crippen LogP contribution in [-0.2, 0) is 14.8 Å². The highest BCUT2D eigenvalue weighted by atomic mass is 32.2. The van der Waals surface area contributed by atoms with Gasteiger partial charge in [0, 0.05) is 25.7 Å². The molecule has 102 valence electrons. The van der Waals surface area contributed by atoms with Crippen LogP contribution < -0.4 is 10.0 Å². The minimum Gasteiger partial charge on any atom is -0.356 e. The summed E-state index contributed by atoms with van der Waals surface area (Å²) in [7, 11) is -3.70. The highest BCUT2D eigenvalue weighted by Gasteiger charge is 2.14. The molecule has 0 unspecified atom stereocenters. The lowest BCUT2D eigenvalue weighted by Crippen LogP contribution is -2.30. The summed E-state index contributed by atoms with van der Waals surface area (Å²) in [5.74, 6) is -0.219. The molecular formula is C11H14N4O3S. The number of hydrogen-bond donors (Lipinski definition) is 2. The topological polar surface area (TPSA) is 112 Å². The molecule has 0 radical (unpaired) electrons. The van der Waals surface area contributed by atoms with Gasteiger partial charge in [-0.2, -0.15) is 5.26 Å². The first-order valence-electron chi connectivity index (χ1n) is 5.62. The van der Waals surface area contributed by atoms with E-state index in [0.29, 0.717) is 6.54 Å². The highest BCUT2D eigenvalue weighted by Crippen LogP contribution is 2.07. The van der Waals surface area contributed by atoms with Crippen molar-refractivity contribution in [1.29, 1.82) is 5.26 Å². The lowest BCUT2D eigenvalue weighted by molar-refractivity contribution is -0.120. The molecule has 0 saturated heterocycles. The number of aromatic nitrogens is 1. The average molecular weight is 282 g/mol. The normalized spacial score (nSPS) is 10.7. The van der Waals surface area contributed by atoms with E-state index >= 15 is 0 Å². The lowest BCUT2D eigenvalue weighted by atomic mass is 10.4. The Hall–Kier alpha value is -1.98. The van der Waals surface area contributed by atoms with E-state index in [1.54, 1.807) is 13.0 Å². The van der Waals surface area contributed by atoms with Crippen molar-refractivity contribution in [3.05, 3.63) is 24.0 Å². The molecule has 0 spiro atoms. The number of nitrogens with zero attached hydrogens (tertiary/aromatic N) is 2. The van der Waals surface area contributed by atoms with Crippen molar-refractivity contribution < 1.29 is 13.2 Å². The average Bonchev–Trinajstić information content (AvgIpc) is 2.39. The maximum Gasteiger partial charge on any atom is 0.242 e. The molecule has 0 bridgehead atoms. The molecule has 1 aromatic heterocycles. The van der Waals surface area contributed by atoms with E-state index in [9.17, 15) is 13.2 Å². The number of sulfonamides is 1. The zero-order valence-electron chi connectivity index (χ0n) is 10.4. The van der Waals surface area contributed by atoms with Gasteiger partial charge in [-0.05, 0) is 19.1 Å². The largest absolute Gasteiger partial charge is 0.356 e. The number of amides is 1. The van der Waals surface area contributed by atoms with E-state index in [1.807, 2.05) is 0 Å². The van der Waals surface area contributed by atoms with Crippen LogP contribution in [0.5, 0.6) is 0 Å². The third-order valence-corrected chi connectivity index (χ3v) is 3.63. The Morgan fingerprint density at radius 2 is 2.21 bits per heavy atom. The van der Waals surface area contributed by atoms with Crippen molar-refractivity contribution in [3.63, 3.8) is 0 Å². The minimum atomic E-state index is -3.70. The van der Waals surface area contributed by atoms with Crippen molar-refractivity contribution in [1.82, 2.24) is 15.0 Å². The van der Waals surface area contributed by atoms with Crippen molar-refractivity contribution in [2.45, 2.75) is 18.2 Å². The maximum absolute atomic E-state index is 11.8. The van der Waals surface area contributed by atoms with Crippen LogP contribution in [0.1, 0.15) is 19.0 Å². The van der Waals surface area contributed by atoms with E-state index in [2.05, 4.69) is 15.0 Å². The number of rotatable bonds is 6. The number of nitrogens with one attached hydrogen (secondary N) is 2. The summed E-state index contributed by atoms with van der Waals surface area (Å²) in [5.41, 5.74) is 0.140. The molecule has 1 heterocycles.